The SMILES string of the molecule is COc1cccc(NC(=O)c2ccc(-n3c(-c4cccnc4N)nc4cccnc43)cc2)c1. The Morgan fingerprint density at radius 3 is 2.55 bits per heavy atom. The van der Waals surface area contributed by atoms with Crippen LogP contribution in [-0.2, 0) is 0 Å². The summed E-state index contributed by atoms with van der Waals surface area (Å²) in [7, 11) is 1.59. The Labute approximate surface area is 189 Å². The quantitative estimate of drug-likeness (QED) is 0.425. The second kappa shape index (κ2) is 8.43. The monoisotopic (exact) mass is 436 g/mol. The molecule has 0 aliphatic carbocycles. The van der Waals surface area contributed by atoms with Crippen LogP contribution in [0.15, 0.2) is 85.2 Å². The molecule has 33 heavy (non-hydrogen) atoms. The van der Waals surface area contributed by atoms with Gasteiger partial charge in [0.05, 0.1) is 12.7 Å². The highest BCUT2D eigenvalue weighted by molar-refractivity contribution is 6.04. The largest absolute Gasteiger partial charge is 0.497 e. The molecule has 0 bridgehead atoms. The van der Waals surface area contributed by atoms with Crippen LogP contribution in [0, 0.1) is 0 Å². The molecule has 0 unspecified atom stereocenters. The molecule has 0 aliphatic rings. The van der Waals surface area contributed by atoms with Gasteiger partial charge in [-0.2, -0.15) is 0 Å². The average molecular weight is 436 g/mol. The third-order valence-corrected chi connectivity index (χ3v) is 5.21. The fourth-order valence-corrected chi connectivity index (χ4v) is 3.61. The number of hydrogen-bond acceptors (Lipinski definition) is 6. The van der Waals surface area contributed by atoms with Crippen molar-refractivity contribution in [3.05, 3.63) is 90.8 Å². The van der Waals surface area contributed by atoms with Crippen molar-refractivity contribution < 1.29 is 9.53 Å². The first-order chi connectivity index (χ1) is 16.1. The topological polar surface area (TPSA) is 108 Å². The Balaban J connectivity index is 1.52. The first-order valence-corrected chi connectivity index (χ1v) is 10.2. The molecule has 0 atom stereocenters. The van der Waals surface area contributed by atoms with Gasteiger partial charge in [-0.25, -0.2) is 15.0 Å². The Morgan fingerprint density at radius 2 is 1.76 bits per heavy atom. The summed E-state index contributed by atoms with van der Waals surface area (Å²) >= 11 is 0. The lowest BCUT2D eigenvalue weighted by Crippen LogP contribution is -2.12. The molecule has 3 N–H and O–H groups in total. The number of carbonyl (C=O) groups excluding carboxylic acids is 1. The molecule has 5 aromatic rings. The van der Waals surface area contributed by atoms with Gasteiger partial charge in [-0.15, -0.1) is 0 Å². The van der Waals surface area contributed by atoms with E-state index in [4.69, 9.17) is 15.5 Å². The van der Waals surface area contributed by atoms with Gasteiger partial charge >= 0.3 is 0 Å². The number of ether oxygens (including phenoxy) is 1. The maximum Gasteiger partial charge on any atom is 0.255 e. The van der Waals surface area contributed by atoms with Crippen LogP contribution >= 0.6 is 0 Å². The summed E-state index contributed by atoms with van der Waals surface area (Å²) in [6, 6.07) is 21.9. The van der Waals surface area contributed by atoms with Crippen molar-refractivity contribution in [3.8, 4) is 22.8 Å². The van der Waals surface area contributed by atoms with Crippen LogP contribution in [0.25, 0.3) is 28.2 Å². The van der Waals surface area contributed by atoms with Gasteiger partial charge in [0, 0.05) is 35.4 Å². The number of nitrogen functional groups attached to an aromatic ring is 1. The molecule has 5 rings (SSSR count). The van der Waals surface area contributed by atoms with Crippen LogP contribution in [0.1, 0.15) is 10.4 Å². The van der Waals surface area contributed by atoms with Gasteiger partial charge < -0.3 is 15.8 Å². The van der Waals surface area contributed by atoms with Crippen molar-refractivity contribution in [2.75, 3.05) is 18.2 Å². The molecule has 3 aromatic heterocycles. The van der Waals surface area contributed by atoms with E-state index in [-0.39, 0.29) is 5.91 Å². The number of amides is 1. The summed E-state index contributed by atoms with van der Waals surface area (Å²) in [5.41, 5.74) is 10.2. The minimum Gasteiger partial charge on any atom is -0.497 e. The molecule has 8 heteroatoms. The van der Waals surface area contributed by atoms with Gasteiger partial charge in [-0.1, -0.05) is 6.07 Å². The molecule has 0 aliphatic heterocycles. The van der Waals surface area contributed by atoms with Crippen LogP contribution in [0.5, 0.6) is 5.75 Å². The Bertz CT molecular complexity index is 1460. The third-order valence-electron chi connectivity index (χ3n) is 5.21. The van der Waals surface area contributed by atoms with E-state index >= 15 is 0 Å². The van der Waals surface area contributed by atoms with Gasteiger partial charge in [0.2, 0.25) is 0 Å². The van der Waals surface area contributed by atoms with Crippen molar-refractivity contribution in [1.82, 2.24) is 19.5 Å². The summed E-state index contributed by atoms with van der Waals surface area (Å²) in [6.45, 7) is 0. The number of nitrogens with one attached hydrogen (secondary N) is 1. The van der Waals surface area contributed by atoms with Crippen molar-refractivity contribution >= 4 is 28.6 Å². The molecule has 0 fully saturated rings. The number of aromatic nitrogens is 4. The first kappa shape index (κ1) is 20.2. The molecular weight excluding hydrogens is 416 g/mol. The number of nitrogens with zero attached hydrogens (tertiary/aromatic N) is 4. The number of pyridine rings is 2. The molecule has 162 valence electrons. The van der Waals surface area contributed by atoms with E-state index in [1.807, 2.05) is 59.2 Å². The number of anilines is 2. The maximum atomic E-state index is 12.7. The number of methoxy groups -OCH3 is 1. The van der Waals surface area contributed by atoms with Crippen molar-refractivity contribution in [3.63, 3.8) is 0 Å². The summed E-state index contributed by atoms with van der Waals surface area (Å²) in [5, 5.41) is 2.89. The fraction of sp³-hybridized carbons (Fsp3) is 0.0400. The highest BCUT2D eigenvalue weighted by atomic mass is 16.5. The highest BCUT2D eigenvalue weighted by Crippen LogP contribution is 2.30. The molecule has 1 amide bonds. The van der Waals surface area contributed by atoms with Crippen LogP contribution in [0.2, 0.25) is 0 Å². The molecule has 0 saturated heterocycles. The third kappa shape index (κ3) is 3.85. The lowest BCUT2D eigenvalue weighted by molar-refractivity contribution is 0.102. The zero-order valence-corrected chi connectivity index (χ0v) is 17.8. The van der Waals surface area contributed by atoms with Crippen LogP contribution in [0.3, 0.4) is 0 Å². The standard InChI is InChI=1S/C25H20N6O2/c1-33-19-6-2-5-17(15-19)29-25(32)16-9-11-18(12-10-16)31-23(20-7-3-13-27-22(20)26)30-21-8-4-14-28-24(21)31/h2-15H,1H3,(H2,26,27)(H,29,32). The van der Waals surface area contributed by atoms with Crippen LogP contribution in [0.4, 0.5) is 11.5 Å². The summed E-state index contributed by atoms with van der Waals surface area (Å²) in [4.78, 5) is 26.2. The normalized spacial score (nSPS) is 10.8. The number of hydrogen-bond donors (Lipinski definition) is 2. The smallest absolute Gasteiger partial charge is 0.255 e. The number of nitrogens with two attached hydrogens (primary N) is 1. The van der Waals surface area contributed by atoms with Crippen molar-refractivity contribution in [2.45, 2.75) is 0 Å². The predicted molar refractivity (Wildman–Crippen MR) is 127 cm³/mol. The number of fused-ring (bicyclic) bond motifs is 1. The number of rotatable bonds is 5. The lowest BCUT2D eigenvalue weighted by Gasteiger charge is -2.11. The van der Waals surface area contributed by atoms with Crippen molar-refractivity contribution in [2.24, 2.45) is 0 Å². The Kier molecular flexibility index (Phi) is 5.16. The molecule has 3 heterocycles. The zero-order valence-electron chi connectivity index (χ0n) is 17.8. The van der Waals surface area contributed by atoms with E-state index in [2.05, 4.69) is 15.3 Å². The number of benzene rings is 2. The second-order valence-corrected chi connectivity index (χ2v) is 7.29. The second-order valence-electron chi connectivity index (χ2n) is 7.29. The van der Waals surface area contributed by atoms with Crippen LogP contribution < -0.4 is 15.8 Å². The van der Waals surface area contributed by atoms with E-state index < -0.39 is 0 Å². The molecule has 0 spiro atoms. The molecule has 0 radical (unpaired) electrons. The Hall–Kier alpha value is -4.72. The first-order valence-electron chi connectivity index (χ1n) is 10.2. The van der Waals surface area contributed by atoms with Gasteiger partial charge in [-0.3, -0.25) is 9.36 Å². The maximum absolute atomic E-state index is 12.7. The van der Waals surface area contributed by atoms with E-state index in [0.717, 1.165) is 11.2 Å². The van der Waals surface area contributed by atoms with Gasteiger partial charge in [0.15, 0.2) is 11.5 Å². The average Bonchev–Trinajstić information content (AvgIpc) is 3.24. The van der Waals surface area contributed by atoms with Crippen LogP contribution in [-0.4, -0.2) is 32.5 Å². The Morgan fingerprint density at radius 1 is 0.970 bits per heavy atom. The lowest BCUT2D eigenvalue weighted by atomic mass is 10.1. The van der Waals surface area contributed by atoms with Gasteiger partial charge in [0.1, 0.15) is 17.1 Å². The van der Waals surface area contributed by atoms with E-state index in [0.29, 0.717) is 39.9 Å². The molecule has 0 saturated carbocycles. The van der Waals surface area contributed by atoms with Gasteiger partial charge in [0.25, 0.3) is 5.91 Å². The molecule has 8 nitrogen and oxygen atoms in total. The number of imidazole rings is 1. The highest BCUT2D eigenvalue weighted by Gasteiger charge is 2.18. The summed E-state index contributed by atoms with van der Waals surface area (Å²) in [6.07, 6.45) is 3.35. The minimum absolute atomic E-state index is 0.222. The summed E-state index contributed by atoms with van der Waals surface area (Å²) < 4.78 is 7.12. The predicted octanol–water partition coefficient (Wildman–Crippen LogP) is 4.33. The number of carbonyl (C=O) groups is 1. The molecule has 2 aromatic carbocycles. The van der Waals surface area contributed by atoms with Gasteiger partial charge in [-0.05, 0) is 60.7 Å². The fourth-order valence-electron chi connectivity index (χ4n) is 3.61. The van der Waals surface area contributed by atoms with E-state index in [1.54, 1.807) is 37.7 Å². The van der Waals surface area contributed by atoms with E-state index in [9.17, 15) is 4.79 Å². The minimum atomic E-state index is -0.222. The van der Waals surface area contributed by atoms with E-state index in [1.165, 1.54) is 0 Å². The van der Waals surface area contributed by atoms with Crippen molar-refractivity contribution in [1.29, 1.82) is 0 Å². The molecular formula is C25H20N6O2. The summed E-state index contributed by atoms with van der Waals surface area (Å²) in [5.74, 6) is 1.45. The zero-order chi connectivity index (χ0) is 22.8.